The van der Waals surface area contributed by atoms with Gasteiger partial charge in [-0.05, 0) is 13.0 Å². The van der Waals surface area contributed by atoms with Gasteiger partial charge in [-0.2, -0.15) is 13.2 Å². The van der Waals surface area contributed by atoms with Crippen LogP contribution < -0.4 is 0 Å². The fourth-order valence-electron chi connectivity index (χ4n) is 1.34. The van der Waals surface area contributed by atoms with Crippen molar-refractivity contribution in [2.75, 3.05) is 0 Å². The summed E-state index contributed by atoms with van der Waals surface area (Å²) in [6.45, 7) is 2.51. The smallest absolute Gasteiger partial charge is 0.316 e. The maximum atomic E-state index is 12.3. The van der Waals surface area contributed by atoms with Crippen molar-refractivity contribution in [1.29, 1.82) is 0 Å². The molecule has 0 fully saturated rings. The largest absolute Gasteiger partial charge is 0.417 e. The summed E-state index contributed by atoms with van der Waals surface area (Å²) in [5, 5.41) is 0. The summed E-state index contributed by atoms with van der Waals surface area (Å²) in [4.78, 5) is 7.62. The van der Waals surface area contributed by atoms with Crippen molar-refractivity contribution < 1.29 is 13.2 Å². The third-order valence-electron chi connectivity index (χ3n) is 2.12. The Morgan fingerprint density at radius 1 is 1.33 bits per heavy atom. The lowest BCUT2D eigenvalue weighted by Crippen LogP contribution is -2.05. The van der Waals surface area contributed by atoms with Crippen molar-refractivity contribution in [1.82, 2.24) is 14.5 Å². The van der Waals surface area contributed by atoms with Gasteiger partial charge < -0.3 is 4.57 Å². The summed E-state index contributed by atoms with van der Waals surface area (Å²) >= 11 is 0. The minimum absolute atomic E-state index is 0.270. The molecule has 0 aliphatic heterocycles. The van der Waals surface area contributed by atoms with E-state index in [1.807, 2.05) is 6.92 Å². The summed E-state index contributed by atoms with van der Waals surface area (Å²) in [6.07, 6.45) is -2.05. The molecule has 0 aliphatic rings. The number of imidazole rings is 1. The SMILES string of the molecule is CCn1cnc2cc(C(F)(F)F)cnc21. The second kappa shape index (κ2) is 3.22. The van der Waals surface area contributed by atoms with Gasteiger partial charge in [0.1, 0.15) is 5.52 Å². The van der Waals surface area contributed by atoms with Gasteiger partial charge in [-0.25, -0.2) is 9.97 Å². The number of fused-ring (bicyclic) bond motifs is 1. The highest BCUT2D eigenvalue weighted by Gasteiger charge is 2.31. The summed E-state index contributed by atoms with van der Waals surface area (Å²) in [6, 6.07) is 1.01. The molecule has 15 heavy (non-hydrogen) atoms. The van der Waals surface area contributed by atoms with Crippen molar-refractivity contribution in [2.45, 2.75) is 19.6 Å². The van der Waals surface area contributed by atoms with Crippen molar-refractivity contribution in [3.05, 3.63) is 24.2 Å². The average Bonchev–Trinajstić information content (AvgIpc) is 2.58. The summed E-state index contributed by atoms with van der Waals surface area (Å²) in [5.41, 5.74) is -0.0199. The fraction of sp³-hybridized carbons (Fsp3) is 0.333. The van der Waals surface area contributed by atoms with E-state index in [-0.39, 0.29) is 5.52 Å². The van der Waals surface area contributed by atoms with Crippen molar-refractivity contribution in [2.24, 2.45) is 0 Å². The van der Waals surface area contributed by atoms with Crippen LogP contribution in [-0.2, 0) is 12.7 Å². The van der Waals surface area contributed by atoms with E-state index in [4.69, 9.17) is 0 Å². The van der Waals surface area contributed by atoms with Gasteiger partial charge in [0.15, 0.2) is 5.65 Å². The topological polar surface area (TPSA) is 30.7 Å². The predicted octanol–water partition coefficient (Wildman–Crippen LogP) is 2.47. The van der Waals surface area contributed by atoms with E-state index in [9.17, 15) is 13.2 Å². The molecule has 0 aliphatic carbocycles. The van der Waals surface area contributed by atoms with Crippen LogP contribution in [0.25, 0.3) is 11.2 Å². The lowest BCUT2D eigenvalue weighted by molar-refractivity contribution is -0.137. The first-order valence-electron chi connectivity index (χ1n) is 4.40. The minimum Gasteiger partial charge on any atom is -0.316 e. The number of aryl methyl sites for hydroxylation is 1. The molecule has 2 aromatic heterocycles. The number of rotatable bonds is 1. The van der Waals surface area contributed by atoms with Crippen LogP contribution in [0, 0.1) is 0 Å². The standard InChI is InChI=1S/C9H8F3N3/c1-2-15-5-14-7-3-6(9(10,11)12)4-13-8(7)15/h3-5H,2H2,1H3. The molecule has 2 rings (SSSR count). The van der Waals surface area contributed by atoms with E-state index in [0.29, 0.717) is 12.2 Å². The van der Waals surface area contributed by atoms with E-state index in [2.05, 4.69) is 9.97 Å². The Hall–Kier alpha value is -1.59. The molecule has 0 N–H and O–H groups in total. The lowest BCUT2D eigenvalue weighted by Gasteiger charge is -2.05. The van der Waals surface area contributed by atoms with E-state index < -0.39 is 11.7 Å². The zero-order valence-corrected chi connectivity index (χ0v) is 7.91. The Kier molecular flexibility index (Phi) is 2.13. The molecule has 0 bridgehead atoms. The highest BCUT2D eigenvalue weighted by Crippen LogP contribution is 2.29. The van der Waals surface area contributed by atoms with Gasteiger partial charge in [-0.1, -0.05) is 0 Å². The number of halogens is 3. The van der Waals surface area contributed by atoms with Gasteiger partial charge in [0, 0.05) is 12.7 Å². The highest BCUT2D eigenvalue weighted by atomic mass is 19.4. The number of hydrogen-bond donors (Lipinski definition) is 0. The molecule has 0 atom stereocenters. The Balaban J connectivity index is 2.58. The number of hydrogen-bond acceptors (Lipinski definition) is 2. The highest BCUT2D eigenvalue weighted by molar-refractivity contribution is 5.71. The van der Waals surface area contributed by atoms with E-state index >= 15 is 0 Å². The minimum atomic E-state index is -4.36. The maximum absolute atomic E-state index is 12.3. The summed E-state index contributed by atoms with van der Waals surface area (Å²) in [7, 11) is 0. The van der Waals surface area contributed by atoms with Gasteiger partial charge >= 0.3 is 6.18 Å². The van der Waals surface area contributed by atoms with Crippen LogP contribution in [0.2, 0.25) is 0 Å². The second-order valence-corrected chi connectivity index (χ2v) is 3.10. The van der Waals surface area contributed by atoms with Gasteiger partial charge in [-0.15, -0.1) is 0 Å². The quantitative estimate of drug-likeness (QED) is 0.731. The molecule has 2 heterocycles. The molecule has 0 saturated carbocycles. The van der Waals surface area contributed by atoms with Crippen LogP contribution in [0.5, 0.6) is 0 Å². The molecule has 3 nitrogen and oxygen atoms in total. The molecule has 0 amide bonds. The Morgan fingerprint density at radius 3 is 2.67 bits per heavy atom. The van der Waals surface area contributed by atoms with E-state index in [0.717, 1.165) is 12.3 Å². The second-order valence-electron chi connectivity index (χ2n) is 3.10. The van der Waals surface area contributed by atoms with Gasteiger partial charge in [0.2, 0.25) is 0 Å². The third kappa shape index (κ3) is 1.67. The number of pyridine rings is 1. The van der Waals surface area contributed by atoms with Crippen LogP contribution in [-0.4, -0.2) is 14.5 Å². The van der Waals surface area contributed by atoms with Crippen molar-refractivity contribution in [3.8, 4) is 0 Å². The number of nitrogens with zero attached hydrogens (tertiary/aromatic N) is 3. The lowest BCUT2D eigenvalue weighted by atomic mass is 10.2. The van der Waals surface area contributed by atoms with Crippen LogP contribution >= 0.6 is 0 Å². The first-order valence-corrected chi connectivity index (χ1v) is 4.40. The molecule has 80 valence electrons. The average molecular weight is 215 g/mol. The molecule has 0 radical (unpaired) electrons. The summed E-state index contributed by atoms with van der Waals surface area (Å²) < 4.78 is 38.7. The van der Waals surface area contributed by atoms with Gasteiger partial charge in [0.05, 0.1) is 11.9 Å². The number of alkyl halides is 3. The monoisotopic (exact) mass is 215 g/mol. The molecule has 0 aromatic carbocycles. The first kappa shape index (κ1) is 9.95. The van der Waals surface area contributed by atoms with Gasteiger partial charge in [-0.3, -0.25) is 0 Å². The zero-order chi connectivity index (χ0) is 11.1. The molecule has 0 spiro atoms. The van der Waals surface area contributed by atoms with Crippen LogP contribution in [0.4, 0.5) is 13.2 Å². The molecular weight excluding hydrogens is 207 g/mol. The third-order valence-corrected chi connectivity index (χ3v) is 2.12. The first-order chi connectivity index (χ1) is 7.02. The summed E-state index contributed by atoms with van der Waals surface area (Å²) in [5.74, 6) is 0. The zero-order valence-electron chi connectivity index (χ0n) is 7.91. The Bertz CT molecular complexity index is 487. The van der Waals surface area contributed by atoms with E-state index in [1.54, 1.807) is 4.57 Å². The molecule has 0 saturated heterocycles. The normalized spacial score (nSPS) is 12.3. The van der Waals surface area contributed by atoms with Crippen LogP contribution in [0.15, 0.2) is 18.6 Å². The fourth-order valence-corrected chi connectivity index (χ4v) is 1.34. The van der Waals surface area contributed by atoms with Crippen LogP contribution in [0.1, 0.15) is 12.5 Å². The van der Waals surface area contributed by atoms with E-state index in [1.165, 1.54) is 6.33 Å². The molecule has 0 unspecified atom stereocenters. The predicted molar refractivity (Wildman–Crippen MR) is 48.2 cm³/mol. The van der Waals surface area contributed by atoms with Gasteiger partial charge in [0.25, 0.3) is 0 Å². The Labute approximate surface area is 83.6 Å². The molecule has 6 heteroatoms. The van der Waals surface area contributed by atoms with Crippen molar-refractivity contribution >= 4 is 11.2 Å². The van der Waals surface area contributed by atoms with Crippen LogP contribution in [0.3, 0.4) is 0 Å². The molecular formula is C9H8F3N3. The maximum Gasteiger partial charge on any atom is 0.417 e. The number of aromatic nitrogens is 3. The Morgan fingerprint density at radius 2 is 2.07 bits per heavy atom. The molecule has 2 aromatic rings. The van der Waals surface area contributed by atoms with Crippen molar-refractivity contribution in [3.63, 3.8) is 0 Å².